The molecule has 10 heteroatoms. The van der Waals surface area contributed by atoms with Gasteiger partial charge in [0, 0.05) is 48.2 Å². The van der Waals surface area contributed by atoms with E-state index in [1.165, 1.54) is 17.4 Å². The highest BCUT2D eigenvalue weighted by molar-refractivity contribution is 7.90. The van der Waals surface area contributed by atoms with Crippen molar-refractivity contribution >= 4 is 15.5 Å². The molecule has 9 nitrogen and oxygen atoms in total. The van der Waals surface area contributed by atoms with Crippen molar-refractivity contribution in [3.63, 3.8) is 0 Å². The fraction of sp³-hybridized carbons (Fsp3) is 0.304. The first-order chi connectivity index (χ1) is 16.0. The van der Waals surface area contributed by atoms with Gasteiger partial charge in [-0.05, 0) is 24.1 Å². The van der Waals surface area contributed by atoms with Gasteiger partial charge in [0.2, 0.25) is 0 Å². The average Bonchev–Trinajstić information content (AvgIpc) is 3.47. The molecule has 1 aromatic carbocycles. The summed E-state index contributed by atoms with van der Waals surface area (Å²) in [7, 11) is -3.10. The molecule has 0 bridgehead atoms. The minimum absolute atomic E-state index is 0.0569. The topological polar surface area (TPSA) is 109 Å². The first-order valence-corrected chi connectivity index (χ1v) is 12.7. The Labute approximate surface area is 191 Å². The second-order valence-electron chi connectivity index (χ2n) is 7.99. The largest absolute Gasteiger partial charge is 0.493 e. The molecule has 3 aromatic heterocycles. The summed E-state index contributed by atoms with van der Waals surface area (Å²) in [5.74, 6) is 2.27. The van der Waals surface area contributed by atoms with Gasteiger partial charge in [-0.3, -0.25) is 9.38 Å². The highest BCUT2D eigenvalue weighted by atomic mass is 32.2. The van der Waals surface area contributed by atoms with Crippen molar-refractivity contribution in [3.05, 3.63) is 66.1 Å². The normalized spacial score (nSPS) is 13.1. The summed E-state index contributed by atoms with van der Waals surface area (Å²) < 4.78 is 35.8. The zero-order chi connectivity index (χ0) is 22.8. The smallest absolute Gasteiger partial charge is 0.171 e. The number of sulfone groups is 1. The Bertz CT molecular complexity index is 1420. The fourth-order valence-electron chi connectivity index (χ4n) is 3.98. The minimum Gasteiger partial charge on any atom is -0.493 e. The lowest BCUT2D eigenvalue weighted by molar-refractivity contribution is 0.340. The first-order valence-electron chi connectivity index (χ1n) is 10.6. The molecule has 0 fully saturated rings. The van der Waals surface area contributed by atoms with Crippen LogP contribution in [-0.4, -0.2) is 58.2 Å². The van der Waals surface area contributed by atoms with Crippen molar-refractivity contribution in [2.24, 2.45) is 0 Å². The molecule has 170 valence electrons. The summed E-state index contributed by atoms with van der Waals surface area (Å²) in [5, 5.41) is 8.39. The van der Waals surface area contributed by atoms with Crippen LogP contribution in [0.3, 0.4) is 0 Å². The van der Waals surface area contributed by atoms with Gasteiger partial charge in [0.05, 0.1) is 18.6 Å². The molecule has 0 unspecified atom stereocenters. The highest BCUT2D eigenvalue weighted by Gasteiger charge is 2.17. The summed E-state index contributed by atoms with van der Waals surface area (Å²) in [4.78, 5) is 8.92. The predicted molar refractivity (Wildman–Crippen MR) is 122 cm³/mol. The zero-order valence-corrected chi connectivity index (χ0v) is 19.0. The monoisotopic (exact) mass is 465 g/mol. The van der Waals surface area contributed by atoms with Crippen LogP contribution in [0.4, 0.5) is 0 Å². The van der Waals surface area contributed by atoms with Crippen LogP contribution in [0.15, 0.2) is 49.2 Å². The number of hydrogen-bond donors (Lipinski definition) is 0. The average molecular weight is 466 g/mol. The third-order valence-corrected chi connectivity index (χ3v) is 6.52. The van der Waals surface area contributed by atoms with Crippen LogP contribution >= 0.6 is 0 Å². The van der Waals surface area contributed by atoms with Gasteiger partial charge in [0.15, 0.2) is 15.5 Å². The number of rotatable bonds is 8. The lowest BCUT2D eigenvalue weighted by Gasteiger charge is -2.11. The molecule has 0 radical (unpaired) electrons. The van der Waals surface area contributed by atoms with Gasteiger partial charge in [-0.1, -0.05) is 12.1 Å². The second-order valence-corrected chi connectivity index (χ2v) is 10.3. The molecule has 33 heavy (non-hydrogen) atoms. The lowest BCUT2D eigenvalue weighted by atomic mass is 10.0. The number of benzene rings is 1. The third-order valence-electron chi connectivity index (χ3n) is 5.61. The van der Waals surface area contributed by atoms with Gasteiger partial charge in [0.1, 0.15) is 30.3 Å². The molecule has 0 saturated carbocycles. The Morgan fingerprint density at radius 3 is 2.97 bits per heavy atom. The van der Waals surface area contributed by atoms with E-state index < -0.39 is 9.84 Å². The summed E-state index contributed by atoms with van der Waals surface area (Å²) in [6.45, 7) is 0.801. The molecule has 1 aliphatic heterocycles. The van der Waals surface area contributed by atoms with E-state index in [1.807, 2.05) is 16.5 Å². The maximum Gasteiger partial charge on any atom is 0.171 e. The maximum atomic E-state index is 11.3. The molecule has 0 N–H and O–H groups in total. The second kappa shape index (κ2) is 8.78. The van der Waals surface area contributed by atoms with Crippen LogP contribution in [0.2, 0.25) is 0 Å². The number of pyridine rings is 1. The van der Waals surface area contributed by atoms with Crippen molar-refractivity contribution in [1.29, 1.82) is 0 Å². The first kappa shape index (κ1) is 21.3. The molecule has 0 aliphatic carbocycles. The van der Waals surface area contributed by atoms with Gasteiger partial charge in [-0.15, -0.1) is 10.2 Å². The minimum atomic E-state index is -3.10. The molecule has 0 atom stereocenters. The number of aromatic nitrogens is 5. The molecule has 0 saturated heterocycles. The van der Waals surface area contributed by atoms with Crippen LogP contribution in [0.25, 0.3) is 16.8 Å². The van der Waals surface area contributed by atoms with Crippen molar-refractivity contribution in [2.75, 3.05) is 25.2 Å². The maximum absolute atomic E-state index is 11.3. The van der Waals surface area contributed by atoms with Gasteiger partial charge >= 0.3 is 0 Å². The van der Waals surface area contributed by atoms with Crippen molar-refractivity contribution in [2.45, 2.75) is 19.3 Å². The van der Waals surface area contributed by atoms with Crippen molar-refractivity contribution < 1.29 is 17.9 Å². The standard InChI is InChI=1S/C23H23N5O4S/c1-33(29,30)10-9-31-18-11-17(12-24-13-18)20-14-25-22(28-15-26-27-23(20)28)6-5-16-3-2-4-21-19(16)7-8-32-21/h2-4,11-15H,5-10H2,1H3. The summed E-state index contributed by atoms with van der Waals surface area (Å²) >= 11 is 0. The summed E-state index contributed by atoms with van der Waals surface area (Å²) in [6.07, 6.45) is 10.4. The summed E-state index contributed by atoms with van der Waals surface area (Å²) in [5.41, 5.74) is 4.78. The highest BCUT2D eigenvalue weighted by Crippen LogP contribution is 2.29. The van der Waals surface area contributed by atoms with Crippen LogP contribution < -0.4 is 9.47 Å². The molecule has 0 amide bonds. The van der Waals surface area contributed by atoms with E-state index in [0.29, 0.717) is 11.4 Å². The van der Waals surface area contributed by atoms with E-state index >= 15 is 0 Å². The Morgan fingerprint density at radius 1 is 1.18 bits per heavy atom. The van der Waals surface area contributed by atoms with Gasteiger partial charge in [-0.2, -0.15) is 0 Å². The van der Waals surface area contributed by atoms with E-state index in [1.54, 1.807) is 31.0 Å². The van der Waals surface area contributed by atoms with E-state index in [2.05, 4.69) is 21.2 Å². The van der Waals surface area contributed by atoms with E-state index in [-0.39, 0.29) is 12.4 Å². The van der Waals surface area contributed by atoms with Crippen LogP contribution in [0.1, 0.15) is 17.0 Å². The Hall–Kier alpha value is -3.53. The van der Waals surface area contributed by atoms with E-state index in [9.17, 15) is 8.42 Å². The van der Waals surface area contributed by atoms with Gasteiger partial charge in [-0.25, -0.2) is 13.4 Å². The number of hydrogen-bond acceptors (Lipinski definition) is 8. The van der Waals surface area contributed by atoms with Crippen LogP contribution in [-0.2, 0) is 29.1 Å². The van der Waals surface area contributed by atoms with Crippen LogP contribution in [0, 0.1) is 0 Å². The predicted octanol–water partition coefficient (Wildman–Crippen LogP) is 2.33. The zero-order valence-electron chi connectivity index (χ0n) is 18.1. The third kappa shape index (κ3) is 4.65. The summed E-state index contributed by atoms with van der Waals surface area (Å²) in [6, 6.07) is 7.99. The van der Waals surface area contributed by atoms with Gasteiger partial charge < -0.3 is 9.47 Å². The number of ether oxygens (including phenoxy) is 2. The SMILES string of the molecule is CS(=O)(=O)CCOc1cncc(-c2cnc(CCc3cccc4c3CCO4)n3cnnc23)c1. The number of nitrogens with zero attached hydrogens (tertiary/aromatic N) is 5. The van der Waals surface area contributed by atoms with Crippen molar-refractivity contribution in [3.8, 4) is 22.6 Å². The van der Waals surface area contributed by atoms with Crippen LogP contribution in [0.5, 0.6) is 11.5 Å². The molecule has 1 aliphatic rings. The van der Waals surface area contributed by atoms with E-state index in [0.717, 1.165) is 48.6 Å². The molecular formula is C23H23N5O4S. The molecule has 0 spiro atoms. The molecule has 4 aromatic rings. The Kier molecular flexibility index (Phi) is 5.67. The molecule has 4 heterocycles. The number of fused-ring (bicyclic) bond motifs is 2. The fourth-order valence-corrected chi connectivity index (χ4v) is 4.37. The number of aryl methyl sites for hydroxylation is 2. The molecule has 5 rings (SSSR count). The quantitative estimate of drug-likeness (QED) is 0.390. The lowest BCUT2D eigenvalue weighted by Crippen LogP contribution is -2.12. The Morgan fingerprint density at radius 2 is 2.09 bits per heavy atom. The Balaban J connectivity index is 1.38. The molecular weight excluding hydrogens is 442 g/mol. The van der Waals surface area contributed by atoms with Gasteiger partial charge in [0.25, 0.3) is 0 Å². The van der Waals surface area contributed by atoms with Crippen molar-refractivity contribution in [1.82, 2.24) is 24.6 Å². The van der Waals surface area contributed by atoms with E-state index in [4.69, 9.17) is 14.5 Å².